The number of phenols is 2. The van der Waals surface area contributed by atoms with Crippen molar-refractivity contribution < 1.29 is 10.2 Å². The van der Waals surface area contributed by atoms with Crippen LogP contribution in [0, 0.1) is 12.8 Å². The minimum Gasteiger partial charge on any atom is -0.508 e. The molecule has 1 aromatic carbocycles. The van der Waals surface area contributed by atoms with Crippen molar-refractivity contribution in [1.29, 1.82) is 0 Å². The topological polar surface area (TPSA) is 90.6 Å². The molecule has 154 valence electrons. The summed E-state index contributed by atoms with van der Waals surface area (Å²) in [6, 6.07) is 4.20. The fraction of sp³-hybridized carbons (Fsp3) is 0.455. The number of aliphatic imine (C=N–C) groups is 1. The molecule has 0 radical (unpaired) electrons. The number of nitrogens with zero attached hydrogens (tertiary/aromatic N) is 2. The molecule has 28 heavy (non-hydrogen) atoms. The predicted molar refractivity (Wildman–Crippen MR) is 115 cm³/mol. The van der Waals surface area contributed by atoms with Gasteiger partial charge in [0.1, 0.15) is 11.5 Å². The number of imidazole rings is 1. The molecule has 6 heteroatoms. The van der Waals surface area contributed by atoms with Gasteiger partial charge in [-0.2, -0.15) is 0 Å². The van der Waals surface area contributed by atoms with Gasteiger partial charge in [-0.1, -0.05) is 46.6 Å². The second-order valence-corrected chi connectivity index (χ2v) is 7.12. The van der Waals surface area contributed by atoms with Crippen molar-refractivity contribution in [3.63, 3.8) is 0 Å². The summed E-state index contributed by atoms with van der Waals surface area (Å²) < 4.78 is 1.47. The Morgan fingerprint density at radius 1 is 1.36 bits per heavy atom. The Labute approximate surface area is 167 Å². The summed E-state index contributed by atoms with van der Waals surface area (Å²) in [6.45, 7) is 14.1. The van der Waals surface area contributed by atoms with E-state index in [0.717, 1.165) is 5.92 Å². The third kappa shape index (κ3) is 7.10. The number of hydrogen-bond donors (Lipinski definition) is 3. The first-order valence-corrected chi connectivity index (χ1v) is 9.69. The van der Waals surface area contributed by atoms with Crippen LogP contribution < -0.4 is 5.69 Å². The number of aromatic hydroxyl groups is 2. The van der Waals surface area contributed by atoms with Crippen molar-refractivity contribution in [3.8, 4) is 11.5 Å². The van der Waals surface area contributed by atoms with E-state index in [2.05, 4.69) is 37.3 Å². The molecule has 0 fully saturated rings. The van der Waals surface area contributed by atoms with Crippen molar-refractivity contribution in [3.05, 3.63) is 57.9 Å². The van der Waals surface area contributed by atoms with Crippen LogP contribution in [-0.4, -0.2) is 26.0 Å². The standard InChI is InChI=1S/C15H17N3O3.C7H16/c1-9(2)16-7-13-10(3)18(15(21)17-13)8-11-6-12(19)4-5-14(11)20;1-4-6-7(3)5-2/h4-7,19-20H,1,8H2,2-3H3,(H,17,21);7H,4-6H2,1-3H3/t;7-/m.1/s1. The molecule has 0 saturated carbocycles. The smallest absolute Gasteiger partial charge is 0.326 e. The fourth-order valence-electron chi connectivity index (χ4n) is 2.63. The Morgan fingerprint density at radius 3 is 2.57 bits per heavy atom. The second kappa shape index (κ2) is 11.2. The van der Waals surface area contributed by atoms with Crippen molar-refractivity contribution >= 4 is 6.21 Å². The summed E-state index contributed by atoms with van der Waals surface area (Å²) in [7, 11) is 0. The number of hydrogen-bond acceptors (Lipinski definition) is 4. The van der Waals surface area contributed by atoms with Crippen molar-refractivity contribution in [1.82, 2.24) is 9.55 Å². The Kier molecular flexibility index (Phi) is 9.28. The molecule has 0 aliphatic rings. The minimum absolute atomic E-state index is 0.0254. The molecule has 0 aliphatic carbocycles. The van der Waals surface area contributed by atoms with Gasteiger partial charge in [-0.25, -0.2) is 4.79 Å². The number of allylic oxidation sites excluding steroid dienone is 1. The van der Waals surface area contributed by atoms with Crippen molar-refractivity contribution in [2.45, 2.75) is 60.4 Å². The number of phenolic OH excluding ortho intramolecular Hbond substituents is 2. The van der Waals surface area contributed by atoms with Crippen LogP contribution in [0.25, 0.3) is 0 Å². The minimum atomic E-state index is -0.307. The first-order valence-electron chi connectivity index (χ1n) is 9.69. The van der Waals surface area contributed by atoms with Crippen LogP contribution in [0.5, 0.6) is 11.5 Å². The van der Waals surface area contributed by atoms with Crippen LogP contribution in [0.15, 0.2) is 40.3 Å². The number of nitrogens with one attached hydrogen (secondary N) is 1. The van der Waals surface area contributed by atoms with E-state index in [1.807, 2.05) is 0 Å². The Morgan fingerprint density at radius 2 is 2.04 bits per heavy atom. The summed E-state index contributed by atoms with van der Waals surface area (Å²) in [5.74, 6) is 1.01. The van der Waals surface area contributed by atoms with E-state index in [1.165, 1.54) is 48.2 Å². The lowest BCUT2D eigenvalue weighted by molar-refractivity contribution is 0.451. The van der Waals surface area contributed by atoms with Crippen LogP contribution >= 0.6 is 0 Å². The first kappa shape index (κ1) is 23.3. The highest BCUT2D eigenvalue weighted by Gasteiger charge is 2.11. The zero-order valence-electron chi connectivity index (χ0n) is 17.6. The van der Waals surface area contributed by atoms with Gasteiger partial charge in [0.2, 0.25) is 0 Å². The molecule has 0 bridgehead atoms. The molecular formula is C22H33N3O3. The average molecular weight is 388 g/mol. The van der Waals surface area contributed by atoms with Gasteiger partial charge in [-0.15, -0.1) is 0 Å². The van der Waals surface area contributed by atoms with E-state index >= 15 is 0 Å². The van der Waals surface area contributed by atoms with Gasteiger partial charge in [-0.05, 0) is 38.0 Å². The number of H-pyrrole nitrogens is 1. The molecule has 2 aromatic rings. The molecule has 0 unspecified atom stereocenters. The molecule has 1 aromatic heterocycles. The maximum absolute atomic E-state index is 12.0. The fourth-order valence-corrected chi connectivity index (χ4v) is 2.63. The third-order valence-corrected chi connectivity index (χ3v) is 4.57. The quantitative estimate of drug-likeness (QED) is 0.474. The maximum Gasteiger partial charge on any atom is 0.326 e. The summed E-state index contributed by atoms with van der Waals surface area (Å²) in [5, 5.41) is 19.3. The zero-order valence-corrected chi connectivity index (χ0v) is 17.6. The summed E-state index contributed by atoms with van der Waals surface area (Å²) >= 11 is 0. The number of benzene rings is 1. The molecule has 0 saturated heterocycles. The van der Waals surface area contributed by atoms with Crippen LogP contribution in [-0.2, 0) is 6.54 Å². The monoisotopic (exact) mass is 387 g/mol. The molecule has 2 rings (SSSR count). The summed E-state index contributed by atoms with van der Waals surface area (Å²) in [4.78, 5) is 18.7. The normalized spacial score (nSPS) is 11.9. The third-order valence-electron chi connectivity index (χ3n) is 4.57. The van der Waals surface area contributed by atoms with Crippen LogP contribution in [0.4, 0.5) is 0 Å². The van der Waals surface area contributed by atoms with E-state index in [0.29, 0.717) is 22.6 Å². The van der Waals surface area contributed by atoms with Crippen LogP contribution in [0.1, 0.15) is 63.9 Å². The molecule has 1 heterocycles. The van der Waals surface area contributed by atoms with Gasteiger partial charge in [0.25, 0.3) is 0 Å². The molecule has 6 nitrogen and oxygen atoms in total. The zero-order chi connectivity index (χ0) is 21.3. The van der Waals surface area contributed by atoms with Gasteiger partial charge in [0, 0.05) is 17.0 Å². The van der Waals surface area contributed by atoms with Crippen molar-refractivity contribution in [2.75, 3.05) is 0 Å². The van der Waals surface area contributed by atoms with E-state index in [4.69, 9.17) is 0 Å². The average Bonchev–Trinajstić information content (AvgIpc) is 2.91. The second-order valence-electron chi connectivity index (χ2n) is 7.12. The lowest BCUT2D eigenvalue weighted by atomic mass is 10.0. The van der Waals surface area contributed by atoms with E-state index in [-0.39, 0.29) is 23.7 Å². The van der Waals surface area contributed by atoms with Gasteiger partial charge in [-0.3, -0.25) is 9.56 Å². The lowest BCUT2D eigenvalue weighted by Crippen LogP contribution is -2.18. The SMILES string of the molecule is C=C(C)N=Cc1[nH]c(=O)n(Cc2cc(O)ccc2O)c1C.CCC[C@H](C)CC. The molecular weight excluding hydrogens is 354 g/mol. The highest BCUT2D eigenvalue weighted by Crippen LogP contribution is 2.23. The van der Waals surface area contributed by atoms with Gasteiger partial charge < -0.3 is 15.2 Å². The van der Waals surface area contributed by atoms with Gasteiger partial charge >= 0.3 is 5.69 Å². The largest absolute Gasteiger partial charge is 0.508 e. The predicted octanol–water partition coefficient (Wildman–Crippen LogP) is 4.73. The molecule has 0 aliphatic heterocycles. The number of rotatable bonds is 7. The van der Waals surface area contributed by atoms with Crippen LogP contribution in [0.3, 0.4) is 0 Å². The lowest BCUT2D eigenvalue weighted by Gasteiger charge is -2.07. The molecule has 0 amide bonds. The number of aromatic amines is 1. The van der Waals surface area contributed by atoms with E-state index in [1.54, 1.807) is 13.8 Å². The maximum atomic E-state index is 12.0. The Bertz CT molecular complexity index is 862. The molecule has 3 N–H and O–H groups in total. The molecule has 0 spiro atoms. The first-order chi connectivity index (χ1) is 13.2. The van der Waals surface area contributed by atoms with Crippen molar-refractivity contribution in [2.24, 2.45) is 10.9 Å². The van der Waals surface area contributed by atoms with Gasteiger partial charge in [0.05, 0.1) is 18.5 Å². The van der Waals surface area contributed by atoms with Gasteiger partial charge in [0.15, 0.2) is 0 Å². The Balaban J connectivity index is 0.000000480. The van der Waals surface area contributed by atoms with Crippen LogP contribution in [0.2, 0.25) is 0 Å². The van der Waals surface area contributed by atoms with E-state index < -0.39 is 0 Å². The highest BCUT2D eigenvalue weighted by molar-refractivity contribution is 5.79. The summed E-state index contributed by atoms with van der Waals surface area (Å²) in [6.07, 6.45) is 5.62. The Hall–Kier alpha value is -2.76. The number of aromatic nitrogens is 2. The molecule has 1 atom stereocenters. The highest BCUT2D eigenvalue weighted by atomic mass is 16.3. The van der Waals surface area contributed by atoms with E-state index in [9.17, 15) is 15.0 Å². The summed E-state index contributed by atoms with van der Waals surface area (Å²) in [5.41, 5.74) is 2.06.